The van der Waals surface area contributed by atoms with Gasteiger partial charge in [-0.05, 0) is 35.7 Å². The summed E-state index contributed by atoms with van der Waals surface area (Å²) in [5, 5.41) is 3.93. The van der Waals surface area contributed by atoms with Crippen molar-refractivity contribution in [1.29, 1.82) is 0 Å². The van der Waals surface area contributed by atoms with Gasteiger partial charge in [0, 0.05) is 11.1 Å². The van der Waals surface area contributed by atoms with E-state index in [1.807, 2.05) is 12.1 Å². The summed E-state index contributed by atoms with van der Waals surface area (Å²) in [5.74, 6) is -1.03. The SMILES string of the molecule is O=C(CN1c2cccc3cccc(c23)S1(=O)=O)Nc1cccc(F)c1. The fraction of sp³-hybridized carbons (Fsp3) is 0.0556. The summed E-state index contributed by atoms with van der Waals surface area (Å²) in [6.07, 6.45) is 0. The lowest BCUT2D eigenvalue weighted by Gasteiger charge is -2.18. The molecule has 126 valence electrons. The molecule has 0 aliphatic carbocycles. The minimum atomic E-state index is -3.80. The van der Waals surface area contributed by atoms with E-state index in [2.05, 4.69) is 5.32 Å². The molecule has 0 saturated heterocycles. The number of carbonyl (C=O) groups excluding carboxylic acids is 1. The number of nitrogens with zero attached hydrogens (tertiary/aromatic N) is 1. The Kier molecular flexibility index (Phi) is 3.47. The molecular formula is C18H13FN2O3S. The van der Waals surface area contributed by atoms with Gasteiger partial charge in [0.25, 0.3) is 10.0 Å². The molecule has 0 saturated carbocycles. The molecule has 5 nitrogen and oxygen atoms in total. The van der Waals surface area contributed by atoms with Crippen LogP contribution in [0, 0.1) is 5.82 Å². The van der Waals surface area contributed by atoms with E-state index in [-0.39, 0.29) is 17.1 Å². The maximum atomic E-state index is 13.2. The monoisotopic (exact) mass is 356 g/mol. The van der Waals surface area contributed by atoms with Crippen molar-refractivity contribution in [2.45, 2.75) is 4.90 Å². The second-order valence-electron chi connectivity index (χ2n) is 5.70. The molecule has 0 aromatic heterocycles. The van der Waals surface area contributed by atoms with E-state index in [0.29, 0.717) is 11.1 Å². The Balaban J connectivity index is 1.68. The summed E-state index contributed by atoms with van der Waals surface area (Å²) in [5.41, 5.74) is 0.750. The number of nitrogens with one attached hydrogen (secondary N) is 1. The highest BCUT2D eigenvalue weighted by molar-refractivity contribution is 7.93. The molecule has 0 atom stereocenters. The first-order valence-corrected chi connectivity index (χ1v) is 9.01. The summed E-state index contributed by atoms with van der Waals surface area (Å²) in [7, 11) is -3.80. The van der Waals surface area contributed by atoms with E-state index in [0.717, 1.165) is 9.69 Å². The molecule has 1 N–H and O–H groups in total. The van der Waals surface area contributed by atoms with Crippen LogP contribution in [0.5, 0.6) is 0 Å². The van der Waals surface area contributed by atoms with Crippen molar-refractivity contribution in [1.82, 2.24) is 0 Å². The normalized spacial score (nSPS) is 14.7. The lowest BCUT2D eigenvalue weighted by Crippen LogP contribution is -2.35. The Morgan fingerprint density at radius 3 is 2.52 bits per heavy atom. The van der Waals surface area contributed by atoms with E-state index in [1.165, 1.54) is 30.3 Å². The van der Waals surface area contributed by atoms with E-state index in [4.69, 9.17) is 0 Å². The zero-order valence-electron chi connectivity index (χ0n) is 12.9. The van der Waals surface area contributed by atoms with Gasteiger partial charge in [0.15, 0.2) is 0 Å². The maximum Gasteiger partial charge on any atom is 0.265 e. The van der Waals surface area contributed by atoms with Crippen LogP contribution in [0.2, 0.25) is 0 Å². The highest BCUT2D eigenvalue weighted by atomic mass is 32.2. The molecule has 1 aliphatic heterocycles. The number of carbonyl (C=O) groups is 1. The Labute approximate surface area is 143 Å². The van der Waals surface area contributed by atoms with Crippen molar-refractivity contribution < 1.29 is 17.6 Å². The molecule has 7 heteroatoms. The van der Waals surface area contributed by atoms with Crippen LogP contribution in [0.15, 0.2) is 65.6 Å². The van der Waals surface area contributed by atoms with Gasteiger partial charge in [-0.3, -0.25) is 9.10 Å². The number of amides is 1. The number of rotatable bonds is 3. The van der Waals surface area contributed by atoms with E-state index in [1.54, 1.807) is 18.2 Å². The second-order valence-corrected chi connectivity index (χ2v) is 7.53. The van der Waals surface area contributed by atoms with Gasteiger partial charge in [-0.2, -0.15) is 0 Å². The van der Waals surface area contributed by atoms with Gasteiger partial charge in [0.05, 0.1) is 10.6 Å². The number of hydrogen-bond acceptors (Lipinski definition) is 3. The minimum Gasteiger partial charge on any atom is -0.324 e. The number of anilines is 2. The average Bonchev–Trinajstić information content (AvgIpc) is 2.78. The molecule has 0 radical (unpaired) electrons. The van der Waals surface area contributed by atoms with Crippen molar-refractivity contribution in [3.63, 3.8) is 0 Å². The number of hydrogen-bond donors (Lipinski definition) is 1. The Bertz CT molecular complexity index is 1110. The molecular weight excluding hydrogens is 343 g/mol. The summed E-state index contributed by atoms with van der Waals surface area (Å²) < 4.78 is 39.9. The average molecular weight is 356 g/mol. The Morgan fingerprint density at radius 2 is 1.76 bits per heavy atom. The van der Waals surface area contributed by atoms with Gasteiger partial charge in [0.1, 0.15) is 12.4 Å². The van der Waals surface area contributed by atoms with Crippen molar-refractivity contribution in [2.24, 2.45) is 0 Å². The number of benzene rings is 3. The predicted octanol–water partition coefficient (Wildman–Crippen LogP) is 3.13. The van der Waals surface area contributed by atoms with Gasteiger partial charge < -0.3 is 5.32 Å². The van der Waals surface area contributed by atoms with E-state index >= 15 is 0 Å². The number of sulfonamides is 1. The summed E-state index contributed by atoms with van der Waals surface area (Å²) in [6, 6.07) is 15.7. The highest BCUT2D eigenvalue weighted by Crippen LogP contribution is 2.41. The molecule has 0 bridgehead atoms. The lowest BCUT2D eigenvalue weighted by atomic mass is 10.1. The van der Waals surface area contributed by atoms with Crippen molar-refractivity contribution in [3.05, 3.63) is 66.5 Å². The molecule has 1 heterocycles. The van der Waals surface area contributed by atoms with Crippen LogP contribution in [-0.2, 0) is 14.8 Å². The van der Waals surface area contributed by atoms with Crippen LogP contribution in [-0.4, -0.2) is 20.9 Å². The fourth-order valence-electron chi connectivity index (χ4n) is 3.03. The maximum absolute atomic E-state index is 13.2. The zero-order valence-corrected chi connectivity index (χ0v) is 13.8. The van der Waals surface area contributed by atoms with Crippen LogP contribution in [0.25, 0.3) is 10.8 Å². The smallest absolute Gasteiger partial charge is 0.265 e. The van der Waals surface area contributed by atoms with Crippen molar-refractivity contribution in [2.75, 3.05) is 16.2 Å². The summed E-state index contributed by atoms with van der Waals surface area (Å²) in [6.45, 7) is -0.382. The van der Waals surface area contributed by atoms with E-state index < -0.39 is 21.7 Å². The van der Waals surface area contributed by atoms with Gasteiger partial charge in [-0.15, -0.1) is 0 Å². The van der Waals surface area contributed by atoms with Crippen LogP contribution in [0.3, 0.4) is 0 Å². The molecule has 3 aromatic carbocycles. The highest BCUT2D eigenvalue weighted by Gasteiger charge is 2.36. The van der Waals surface area contributed by atoms with E-state index in [9.17, 15) is 17.6 Å². The molecule has 1 amide bonds. The predicted molar refractivity (Wildman–Crippen MR) is 93.5 cm³/mol. The van der Waals surface area contributed by atoms with Crippen molar-refractivity contribution in [3.8, 4) is 0 Å². The molecule has 0 spiro atoms. The summed E-state index contributed by atoms with van der Waals surface area (Å²) >= 11 is 0. The van der Waals surface area contributed by atoms with Gasteiger partial charge in [0.2, 0.25) is 5.91 Å². The third kappa shape index (κ3) is 2.53. The van der Waals surface area contributed by atoms with Crippen LogP contribution in [0.4, 0.5) is 15.8 Å². The largest absolute Gasteiger partial charge is 0.324 e. The quantitative estimate of drug-likeness (QED) is 0.784. The molecule has 3 aromatic rings. The molecule has 1 aliphatic rings. The number of halogens is 1. The van der Waals surface area contributed by atoms with Gasteiger partial charge in [-0.25, -0.2) is 12.8 Å². The standard InChI is InChI=1S/C18H13FN2O3S/c19-13-6-3-7-14(10-13)20-17(22)11-21-15-8-1-4-12-5-2-9-16(18(12)15)25(21,23)24/h1-10H,11H2,(H,20,22). The molecule has 25 heavy (non-hydrogen) atoms. The molecule has 0 unspecified atom stereocenters. The van der Waals surface area contributed by atoms with Crippen molar-refractivity contribution >= 4 is 38.1 Å². The van der Waals surface area contributed by atoms with Gasteiger partial charge >= 0.3 is 0 Å². The fourth-order valence-corrected chi connectivity index (χ4v) is 4.69. The Hall–Kier alpha value is -2.93. The molecule has 4 rings (SSSR count). The first-order valence-electron chi connectivity index (χ1n) is 7.57. The second kappa shape index (κ2) is 5.56. The van der Waals surface area contributed by atoms with Crippen LogP contribution < -0.4 is 9.62 Å². The molecule has 0 fully saturated rings. The Morgan fingerprint density at radius 1 is 1.04 bits per heavy atom. The zero-order chi connectivity index (χ0) is 17.6. The van der Waals surface area contributed by atoms with Crippen LogP contribution >= 0.6 is 0 Å². The van der Waals surface area contributed by atoms with Crippen LogP contribution in [0.1, 0.15) is 0 Å². The summed E-state index contributed by atoms with van der Waals surface area (Å²) in [4.78, 5) is 12.5. The topological polar surface area (TPSA) is 66.5 Å². The first-order chi connectivity index (χ1) is 12.0. The third-order valence-electron chi connectivity index (χ3n) is 4.08. The lowest BCUT2D eigenvalue weighted by molar-refractivity contribution is -0.114. The third-order valence-corrected chi connectivity index (χ3v) is 5.88. The van der Waals surface area contributed by atoms with Gasteiger partial charge in [-0.1, -0.05) is 30.3 Å². The first kappa shape index (κ1) is 15.6. The minimum absolute atomic E-state index is 0.194.